The predicted octanol–water partition coefficient (Wildman–Crippen LogP) is 5.69. The van der Waals surface area contributed by atoms with Crippen LogP contribution in [0.25, 0.3) is 10.8 Å². The Morgan fingerprint density at radius 2 is 1.70 bits per heavy atom. The highest BCUT2D eigenvalue weighted by atomic mass is 19.4. The first-order valence-electron chi connectivity index (χ1n) is 9.63. The van der Waals surface area contributed by atoms with Crippen LogP contribution in [-0.2, 0) is 6.18 Å². The fraction of sp³-hybridized carbons (Fsp3) is 0.0417. The van der Waals surface area contributed by atoms with Gasteiger partial charge in [0.05, 0.1) is 5.56 Å². The van der Waals surface area contributed by atoms with Crippen molar-refractivity contribution in [3.8, 4) is 11.5 Å². The lowest BCUT2D eigenvalue weighted by Gasteiger charge is -2.12. The molecular weight excluding hydrogens is 435 g/mol. The summed E-state index contributed by atoms with van der Waals surface area (Å²) >= 11 is 0. The third-order valence-corrected chi connectivity index (χ3v) is 4.72. The summed E-state index contributed by atoms with van der Waals surface area (Å²) in [6, 6.07) is 16.1. The fourth-order valence-electron chi connectivity index (χ4n) is 3.21. The van der Waals surface area contributed by atoms with Crippen molar-refractivity contribution in [2.24, 2.45) is 0 Å². The number of carbonyl (C=O) groups excluding carboxylic acids is 2. The number of halogens is 3. The van der Waals surface area contributed by atoms with Gasteiger partial charge in [0, 0.05) is 29.2 Å². The zero-order valence-corrected chi connectivity index (χ0v) is 16.9. The molecule has 6 nitrogen and oxygen atoms in total. The van der Waals surface area contributed by atoms with Crippen LogP contribution >= 0.6 is 0 Å². The zero-order valence-electron chi connectivity index (χ0n) is 16.9. The van der Waals surface area contributed by atoms with E-state index in [1.807, 2.05) is 0 Å². The lowest BCUT2D eigenvalue weighted by Crippen LogP contribution is -2.13. The summed E-state index contributed by atoms with van der Waals surface area (Å²) in [5.74, 6) is 0.294. The second kappa shape index (κ2) is 8.62. The average Bonchev–Trinajstić information content (AvgIpc) is 2.77. The van der Waals surface area contributed by atoms with Crippen molar-refractivity contribution in [3.05, 3.63) is 89.7 Å². The van der Waals surface area contributed by atoms with Gasteiger partial charge in [0.15, 0.2) is 6.29 Å². The van der Waals surface area contributed by atoms with E-state index < -0.39 is 17.6 Å². The molecule has 9 heteroatoms. The SMILES string of the molecule is Nc1cc(NC(=O)c2ccc3ccc(Oc4ccnc(C=O)c4)cc3c2)cc(C(F)(F)F)c1. The van der Waals surface area contributed by atoms with Crippen molar-refractivity contribution in [2.75, 3.05) is 11.1 Å². The lowest BCUT2D eigenvalue weighted by atomic mass is 10.1. The Bertz CT molecular complexity index is 1370. The average molecular weight is 451 g/mol. The van der Waals surface area contributed by atoms with Crippen LogP contribution < -0.4 is 15.8 Å². The van der Waals surface area contributed by atoms with Crippen molar-refractivity contribution >= 4 is 34.3 Å². The molecule has 0 spiro atoms. The van der Waals surface area contributed by atoms with E-state index >= 15 is 0 Å². The summed E-state index contributed by atoms with van der Waals surface area (Å²) < 4.78 is 44.8. The number of aldehydes is 1. The van der Waals surface area contributed by atoms with Crippen LogP contribution in [-0.4, -0.2) is 17.2 Å². The molecule has 0 unspecified atom stereocenters. The molecule has 0 saturated carbocycles. The van der Waals surface area contributed by atoms with Crippen LogP contribution in [0.3, 0.4) is 0 Å². The van der Waals surface area contributed by atoms with E-state index in [0.717, 1.165) is 17.5 Å². The number of carbonyl (C=O) groups is 2. The molecule has 166 valence electrons. The van der Waals surface area contributed by atoms with Gasteiger partial charge in [-0.2, -0.15) is 13.2 Å². The number of benzene rings is 3. The second-order valence-electron chi connectivity index (χ2n) is 7.16. The number of hydrogen-bond acceptors (Lipinski definition) is 5. The molecule has 0 radical (unpaired) electrons. The number of pyridine rings is 1. The number of alkyl halides is 3. The molecule has 0 atom stereocenters. The van der Waals surface area contributed by atoms with Gasteiger partial charge in [-0.15, -0.1) is 0 Å². The normalized spacial score (nSPS) is 11.2. The monoisotopic (exact) mass is 451 g/mol. The van der Waals surface area contributed by atoms with E-state index in [4.69, 9.17) is 10.5 Å². The number of rotatable bonds is 5. The maximum Gasteiger partial charge on any atom is 0.416 e. The Labute approximate surface area is 185 Å². The molecule has 1 amide bonds. The van der Waals surface area contributed by atoms with E-state index in [1.165, 1.54) is 18.3 Å². The largest absolute Gasteiger partial charge is 0.457 e. The van der Waals surface area contributed by atoms with E-state index in [-0.39, 0.29) is 22.6 Å². The first kappa shape index (κ1) is 21.8. The summed E-state index contributed by atoms with van der Waals surface area (Å²) in [6.07, 6.45) is -2.53. The number of anilines is 2. The summed E-state index contributed by atoms with van der Waals surface area (Å²) in [4.78, 5) is 27.4. The number of nitrogens with two attached hydrogens (primary N) is 1. The standard InChI is InChI=1S/C24H16F3N3O3/c25-24(26,27)17-9-18(28)11-19(10-17)30-23(32)15-2-1-14-3-4-21(8-16(14)7-15)33-22-5-6-29-20(12-22)13-31/h1-13H,28H2,(H,30,32). The van der Waals surface area contributed by atoms with Gasteiger partial charge in [0.1, 0.15) is 17.2 Å². The number of hydrogen-bond donors (Lipinski definition) is 2. The molecule has 1 heterocycles. The number of fused-ring (bicyclic) bond motifs is 1. The first-order chi connectivity index (χ1) is 15.7. The highest BCUT2D eigenvalue weighted by molar-refractivity contribution is 6.06. The molecule has 1 aromatic heterocycles. The molecule has 0 saturated heterocycles. The molecule has 0 bridgehead atoms. The van der Waals surface area contributed by atoms with Crippen LogP contribution in [0.2, 0.25) is 0 Å². The van der Waals surface area contributed by atoms with Crippen molar-refractivity contribution in [3.63, 3.8) is 0 Å². The van der Waals surface area contributed by atoms with Crippen LogP contribution in [0.1, 0.15) is 26.4 Å². The number of ether oxygens (including phenoxy) is 1. The summed E-state index contributed by atoms with van der Waals surface area (Å²) in [6.45, 7) is 0. The van der Waals surface area contributed by atoms with Gasteiger partial charge < -0.3 is 15.8 Å². The first-order valence-corrected chi connectivity index (χ1v) is 9.63. The Kier molecular flexibility index (Phi) is 5.70. The molecule has 0 aliphatic carbocycles. The van der Waals surface area contributed by atoms with Crippen molar-refractivity contribution < 1.29 is 27.5 Å². The quantitative estimate of drug-likeness (QED) is 0.300. The van der Waals surface area contributed by atoms with E-state index in [1.54, 1.807) is 42.5 Å². The highest BCUT2D eigenvalue weighted by Gasteiger charge is 2.31. The number of nitrogens with one attached hydrogen (secondary N) is 1. The summed E-state index contributed by atoms with van der Waals surface area (Å²) in [7, 11) is 0. The fourth-order valence-corrected chi connectivity index (χ4v) is 3.21. The maximum atomic E-state index is 13.0. The molecule has 4 aromatic rings. The van der Waals surface area contributed by atoms with Gasteiger partial charge in [0.2, 0.25) is 0 Å². The van der Waals surface area contributed by atoms with Gasteiger partial charge in [-0.25, -0.2) is 0 Å². The Morgan fingerprint density at radius 1 is 0.939 bits per heavy atom. The van der Waals surface area contributed by atoms with Crippen molar-refractivity contribution in [2.45, 2.75) is 6.18 Å². The van der Waals surface area contributed by atoms with Crippen molar-refractivity contribution in [1.29, 1.82) is 0 Å². The van der Waals surface area contributed by atoms with Crippen LogP contribution in [0.4, 0.5) is 24.5 Å². The molecular formula is C24H16F3N3O3. The van der Waals surface area contributed by atoms with E-state index in [2.05, 4.69) is 10.3 Å². The topological polar surface area (TPSA) is 94.3 Å². The number of nitrogens with zero attached hydrogens (tertiary/aromatic N) is 1. The van der Waals surface area contributed by atoms with Gasteiger partial charge >= 0.3 is 6.18 Å². The Hall–Kier alpha value is -4.40. The predicted molar refractivity (Wildman–Crippen MR) is 117 cm³/mol. The molecule has 3 N–H and O–H groups in total. The minimum absolute atomic E-state index is 0.0619. The Balaban J connectivity index is 1.59. The summed E-state index contributed by atoms with van der Waals surface area (Å²) in [5.41, 5.74) is 4.89. The lowest BCUT2D eigenvalue weighted by molar-refractivity contribution is -0.137. The van der Waals surface area contributed by atoms with Gasteiger partial charge in [-0.3, -0.25) is 14.6 Å². The van der Waals surface area contributed by atoms with Gasteiger partial charge in [-0.1, -0.05) is 12.1 Å². The van der Waals surface area contributed by atoms with E-state index in [0.29, 0.717) is 23.2 Å². The third-order valence-electron chi connectivity index (χ3n) is 4.72. The van der Waals surface area contributed by atoms with Crippen LogP contribution in [0.15, 0.2) is 72.9 Å². The molecule has 0 aliphatic heterocycles. The molecule has 4 rings (SSSR count). The van der Waals surface area contributed by atoms with Crippen LogP contribution in [0, 0.1) is 0 Å². The van der Waals surface area contributed by atoms with Crippen molar-refractivity contribution in [1.82, 2.24) is 4.98 Å². The maximum absolute atomic E-state index is 13.0. The molecule has 0 fully saturated rings. The zero-order chi connectivity index (χ0) is 23.6. The number of nitrogen functional groups attached to an aromatic ring is 1. The molecule has 33 heavy (non-hydrogen) atoms. The molecule has 0 aliphatic rings. The summed E-state index contributed by atoms with van der Waals surface area (Å²) in [5, 5.41) is 3.95. The van der Waals surface area contributed by atoms with E-state index in [9.17, 15) is 22.8 Å². The second-order valence-corrected chi connectivity index (χ2v) is 7.16. The Morgan fingerprint density at radius 3 is 2.45 bits per heavy atom. The number of aromatic nitrogens is 1. The van der Waals surface area contributed by atoms with Gasteiger partial charge in [-0.05, 0) is 59.3 Å². The smallest absolute Gasteiger partial charge is 0.416 e. The minimum atomic E-state index is -4.59. The van der Waals surface area contributed by atoms with Crippen LogP contribution in [0.5, 0.6) is 11.5 Å². The third kappa shape index (κ3) is 5.09. The highest BCUT2D eigenvalue weighted by Crippen LogP contribution is 2.33. The minimum Gasteiger partial charge on any atom is -0.457 e. The molecule has 3 aromatic carbocycles. The number of amides is 1. The van der Waals surface area contributed by atoms with Gasteiger partial charge in [0.25, 0.3) is 5.91 Å².